The third kappa shape index (κ3) is 2.40. The van der Waals surface area contributed by atoms with Crippen LogP contribution in [0.15, 0.2) is 30.3 Å². The number of amides is 1. The van der Waals surface area contributed by atoms with Crippen LogP contribution in [-0.2, 0) is 10.2 Å². The van der Waals surface area contributed by atoms with Gasteiger partial charge in [-0.05, 0) is 68.8 Å². The zero-order chi connectivity index (χ0) is 16.2. The minimum Gasteiger partial charge on any atom is -0.393 e. The molecule has 0 aromatic heterocycles. The summed E-state index contributed by atoms with van der Waals surface area (Å²) in [5.41, 5.74) is 0.562. The lowest BCUT2D eigenvalue weighted by Crippen LogP contribution is -2.61. The van der Waals surface area contributed by atoms with E-state index in [-0.39, 0.29) is 12.0 Å². The van der Waals surface area contributed by atoms with Crippen molar-refractivity contribution in [3.05, 3.63) is 35.9 Å². The maximum absolute atomic E-state index is 13.0. The first-order chi connectivity index (χ1) is 11.0. The van der Waals surface area contributed by atoms with E-state index >= 15 is 0 Å². The Morgan fingerprint density at radius 1 is 1.00 bits per heavy atom. The van der Waals surface area contributed by atoms with Gasteiger partial charge in [-0.1, -0.05) is 30.3 Å². The largest absolute Gasteiger partial charge is 0.393 e. The van der Waals surface area contributed by atoms with Gasteiger partial charge in [-0.15, -0.1) is 0 Å². The molecule has 0 spiro atoms. The van der Waals surface area contributed by atoms with Crippen LogP contribution >= 0.6 is 0 Å². The van der Waals surface area contributed by atoms with Gasteiger partial charge < -0.3 is 10.4 Å². The topological polar surface area (TPSA) is 49.3 Å². The Hall–Kier alpha value is -1.35. The lowest BCUT2D eigenvalue weighted by atomic mass is 9.53. The average Bonchev–Trinajstić information content (AvgIpc) is 2.53. The van der Waals surface area contributed by atoms with E-state index in [0.717, 1.165) is 31.2 Å². The van der Waals surface area contributed by atoms with Crippen molar-refractivity contribution >= 4 is 5.91 Å². The van der Waals surface area contributed by atoms with E-state index in [4.69, 9.17) is 0 Å². The SMILES string of the molecule is CC(C)(C(=O)NC1C2CC3CC1CC(C2)C3O)c1ccccc1. The summed E-state index contributed by atoms with van der Waals surface area (Å²) in [7, 11) is 0. The van der Waals surface area contributed by atoms with Gasteiger partial charge in [0.1, 0.15) is 0 Å². The minimum absolute atomic E-state index is 0.0834. The fourth-order valence-electron chi connectivity index (χ4n) is 5.41. The van der Waals surface area contributed by atoms with E-state index in [1.807, 2.05) is 44.2 Å². The molecule has 3 heteroatoms. The number of aliphatic hydroxyl groups is 1. The van der Waals surface area contributed by atoms with E-state index in [1.54, 1.807) is 0 Å². The molecule has 2 N–H and O–H groups in total. The molecular weight excluding hydrogens is 286 g/mol. The second kappa shape index (κ2) is 5.34. The van der Waals surface area contributed by atoms with E-state index in [9.17, 15) is 9.90 Å². The van der Waals surface area contributed by atoms with Gasteiger partial charge in [0.05, 0.1) is 11.5 Å². The van der Waals surface area contributed by atoms with Gasteiger partial charge in [0.2, 0.25) is 5.91 Å². The van der Waals surface area contributed by atoms with Gasteiger partial charge in [-0.25, -0.2) is 0 Å². The molecule has 23 heavy (non-hydrogen) atoms. The summed E-state index contributed by atoms with van der Waals surface area (Å²) in [4.78, 5) is 13.0. The summed E-state index contributed by atoms with van der Waals surface area (Å²) in [5.74, 6) is 2.23. The Kier molecular flexibility index (Phi) is 3.53. The van der Waals surface area contributed by atoms with Crippen molar-refractivity contribution in [1.29, 1.82) is 0 Å². The van der Waals surface area contributed by atoms with Gasteiger partial charge in [0.15, 0.2) is 0 Å². The fourth-order valence-corrected chi connectivity index (χ4v) is 5.41. The average molecular weight is 313 g/mol. The van der Waals surface area contributed by atoms with Crippen LogP contribution in [0.1, 0.15) is 45.1 Å². The van der Waals surface area contributed by atoms with Gasteiger partial charge in [-0.3, -0.25) is 4.79 Å². The fraction of sp³-hybridized carbons (Fsp3) is 0.650. The zero-order valence-corrected chi connectivity index (χ0v) is 14.0. The molecular formula is C20H27NO2. The van der Waals surface area contributed by atoms with Crippen molar-refractivity contribution in [3.63, 3.8) is 0 Å². The Morgan fingerprint density at radius 2 is 1.52 bits per heavy atom. The van der Waals surface area contributed by atoms with Crippen LogP contribution in [0.5, 0.6) is 0 Å². The molecule has 0 radical (unpaired) electrons. The summed E-state index contributed by atoms with van der Waals surface area (Å²) < 4.78 is 0. The molecule has 4 saturated carbocycles. The van der Waals surface area contributed by atoms with Crippen LogP contribution in [0.25, 0.3) is 0 Å². The van der Waals surface area contributed by atoms with Crippen LogP contribution in [0.2, 0.25) is 0 Å². The summed E-state index contributed by atoms with van der Waals surface area (Å²) in [5, 5.41) is 13.7. The highest BCUT2D eigenvalue weighted by Crippen LogP contribution is 2.53. The number of carbonyl (C=O) groups excluding carboxylic acids is 1. The predicted molar refractivity (Wildman–Crippen MR) is 89.8 cm³/mol. The molecule has 4 fully saturated rings. The van der Waals surface area contributed by atoms with E-state index in [1.165, 1.54) is 0 Å². The number of rotatable bonds is 3. The highest BCUT2D eigenvalue weighted by Gasteiger charge is 2.53. The zero-order valence-electron chi connectivity index (χ0n) is 14.0. The third-order valence-electron chi connectivity index (χ3n) is 6.76. The standard InChI is InChI=1S/C20H27NO2/c1-20(2,16-6-4-3-5-7-16)19(23)21-17-12-8-14-10-13(17)11-15(9-12)18(14)22/h3-7,12-15,17-18,22H,8-11H2,1-2H3,(H,21,23). The quantitative estimate of drug-likeness (QED) is 0.901. The number of hydrogen-bond donors (Lipinski definition) is 2. The van der Waals surface area contributed by atoms with Crippen LogP contribution in [-0.4, -0.2) is 23.2 Å². The third-order valence-corrected chi connectivity index (χ3v) is 6.76. The Balaban J connectivity index is 1.50. The van der Waals surface area contributed by atoms with Crippen LogP contribution in [0, 0.1) is 23.7 Å². The van der Waals surface area contributed by atoms with Crippen molar-refractivity contribution in [3.8, 4) is 0 Å². The molecule has 3 nitrogen and oxygen atoms in total. The van der Waals surface area contributed by atoms with Gasteiger partial charge in [0, 0.05) is 6.04 Å². The minimum atomic E-state index is -0.505. The van der Waals surface area contributed by atoms with Gasteiger partial charge >= 0.3 is 0 Å². The summed E-state index contributed by atoms with van der Waals surface area (Å²) in [6.45, 7) is 4.02. The van der Waals surface area contributed by atoms with Crippen LogP contribution in [0.3, 0.4) is 0 Å². The van der Waals surface area contributed by atoms with E-state index in [2.05, 4.69) is 5.32 Å². The molecule has 4 aliphatic carbocycles. The number of nitrogens with one attached hydrogen (secondary N) is 1. The smallest absolute Gasteiger partial charge is 0.230 e. The Bertz CT molecular complexity index is 565. The highest BCUT2D eigenvalue weighted by molar-refractivity contribution is 5.87. The van der Waals surface area contributed by atoms with Crippen molar-refractivity contribution in [2.45, 2.75) is 57.1 Å². The summed E-state index contributed by atoms with van der Waals surface area (Å²) >= 11 is 0. The molecule has 0 unspecified atom stereocenters. The second-order valence-corrected chi connectivity index (χ2v) is 8.46. The molecule has 4 bridgehead atoms. The molecule has 124 valence electrons. The molecule has 1 aromatic carbocycles. The summed E-state index contributed by atoms with van der Waals surface area (Å²) in [6.07, 6.45) is 4.27. The Labute approximate surface area is 138 Å². The molecule has 1 aromatic rings. The molecule has 0 atom stereocenters. The van der Waals surface area contributed by atoms with Gasteiger partial charge in [0.25, 0.3) is 0 Å². The number of aliphatic hydroxyl groups excluding tert-OH is 1. The molecule has 0 aliphatic heterocycles. The Morgan fingerprint density at radius 3 is 2.04 bits per heavy atom. The van der Waals surface area contributed by atoms with E-state index in [0.29, 0.717) is 29.7 Å². The molecule has 5 rings (SSSR count). The highest BCUT2D eigenvalue weighted by atomic mass is 16.3. The van der Waals surface area contributed by atoms with E-state index < -0.39 is 5.41 Å². The first kappa shape index (κ1) is 15.2. The lowest BCUT2D eigenvalue weighted by Gasteiger charge is -2.56. The van der Waals surface area contributed by atoms with Crippen molar-refractivity contribution in [2.24, 2.45) is 23.7 Å². The van der Waals surface area contributed by atoms with Crippen LogP contribution < -0.4 is 5.32 Å². The number of benzene rings is 1. The van der Waals surface area contributed by atoms with Crippen molar-refractivity contribution in [1.82, 2.24) is 5.32 Å². The first-order valence-corrected chi connectivity index (χ1v) is 9.01. The van der Waals surface area contributed by atoms with Gasteiger partial charge in [-0.2, -0.15) is 0 Å². The molecule has 4 aliphatic rings. The van der Waals surface area contributed by atoms with Crippen LogP contribution in [0.4, 0.5) is 0 Å². The predicted octanol–water partition coefficient (Wildman–Crippen LogP) is 2.88. The maximum Gasteiger partial charge on any atom is 0.230 e. The first-order valence-electron chi connectivity index (χ1n) is 9.01. The molecule has 0 heterocycles. The normalized spacial score (nSPS) is 38.6. The number of carbonyl (C=O) groups is 1. The van der Waals surface area contributed by atoms with Crippen molar-refractivity contribution < 1.29 is 9.90 Å². The molecule has 1 amide bonds. The van der Waals surface area contributed by atoms with Crippen molar-refractivity contribution in [2.75, 3.05) is 0 Å². The second-order valence-electron chi connectivity index (χ2n) is 8.46. The summed E-state index contributed by atoms with van der Waals surface area (Å²) in [6, 6.07) is 10.4. The maximum atomic E-state index is 13.0. The lowest BCUT2D eigenvalue weighted by molar-refractivity contribution is -0.135. The number of hydrogen-bond acceptors (Lipinski definition) is 2. The monoisotopic (exact) mass is 313 g/mol. The molecule has 0 saturated heterocycles.